The third-order valence-corrected chi connectivity index (χ3v) is 3.79. The smallest absolute Gasteiger partial charge is 0.0705 e. The van der Waals surface area contributed by atoms with Gasteiger partial charge in [-0.25, -0.2) is 0 Å². The molecular formula is C18H19N3. The maximum absolute atomic E-state index is 4.56. The quantitative estimate of drug-likeness (QED) is 0.794. The maximum Gasteiger partial charge on any atom is 0.0705 e. The number of benzene rings is 1. The number of rotatable bonds is 4. The molecule has 0 spiro atoms. The van der Waals surface area contributed by atoms with Gasteiger partial charge in [-0.3, -0.25) is 9.97 Å². The molecule has 3 rings (SSSR count). The van der Waals surface area contributed by atoms with Crippen molar-refractivity contribution in [3.05, 3.63) is 71.7 Å². The number of likely N-dealkylation sites (N-methyl/N-ethyl adjacent to an activating group) is 1. The third kappa shape index (κ3) is 3.09. The summed E-state index contributed by atoms with van der Waals surface area (Å²) in [6.07, 6.45) is 4.63. The highest BCUT2D eigenvalue weighted by Gasteiger charge is 2.11. The standard InChI is InChI=1S/C18H19N3/c1-13-3-4-15-12-16(5-6-17(15)21-13)18(19-2)11-14-7-9-20-10-8-14/h3-10,12,18-19H,11H2,1-2H3. The van der Waals surface area contributed by atoms with Crippen LogP contribution < -0.4 is 5.32 Å². The van der Waals surface area contributed by atoms with Crippen LogP contribution in [0.15, 0.2) is 54.9 Å². The fourth-order valence-electron chi connectivity index (χ4n) is 2.60. The van der Waals surface area contributed by atoms with Crippen LogP contribution in [-0.4, -0.2) is 17.0 Å². The molecule has 3 heteroatoms. The average molecular weight is 277 g/mol. The fourth-order valence-corrected chi connectivity index (χ4v) is 2.60. The summed E-state index contributed by atoms with van der Waals surface area (Å²) in [6, 6.07) is 15.1. The van der Waals surface area contributed by atoms with Crippen molar-refractivity contribution in [2.45, 2.75) is 19.4 Å². The second kappa shape index (κ2) is 6.02. The lowest BCUT2D eigenvalue weighted by atomic mass is 9.98. The zero-order chi connectivity index (χ0) is 14.7. The van der Waals surface area contributed by atoms with E-state index in [9.17, 15) is 0 Å². The molecule has 2 heterocycles. The van der Waals surface area contributed by atoms with Gasteiger partial charge in [-0.2, -0.15) is 0 Å². The highest BCUT2D eigenvalue weighted by molar-refractivity contribution is 5.79. The summed E-state index contributed by atoms with van der Waals surface area (Å²) in [5, 5.41) is 4.59. The fraction of sp³-hybridized carbons (Fsp3) is 0.222. The molecule has 106 valence electrons. The number of hydrogen-bond acceptors (Lipinski definition) is 3. The molecule has 0 bridgehead atoms. The molecule has 0 aliphatic heterocycles. The van der Waals surface area contributed by atoms with Gasteiger partial charge in [0.1, 0.15) is 0 Å². The van der Waals surface area contributed by atoms with Gasteiger partial charge >= 0.3 is 0 Å². The molecule has 1 aromatic carbocycles. The molecule has 2 aromatic heterocycles. The van der Waals surface area contributed by atoms with E-state index < -0.39 is 0 Å². The molecule has 1 unspecified atom stereocenters. The van der Waals surface area contributed by atoms with Crippen LogP contribution >= 0.6 is 0 Å². The summed E-state index contributed by atoms with van der Waals surface area (Å²) in [6.45, 7) is 2.02. The number of nitrogens with one attached hydrogen (secondary N) is 1. The van der Waals surface area contributed by atoms with Crippen LogP contribution in [0.2, 0.25) is 0 Å². The lowest BCUT2D eigenvalue weighted by molar-refractivity contribution is 0.592. The van der Waals surface area contributed by atoms with E-state index in [2.05, 4.69) is 57.7 Å². The SMILES string of the molecule is CNC(Cc1ccncc1)c1ccc2nc(C)ccc2c1. The van der Waals surface area contributed by atoms with Gasteiger partial charge in [-0.15, -0.1) is 0 Å². The minimum atomic E-state index is 0.290. The van der Waals surface area contributed by atoms with Crippen LogP contribution in [0, 0.1) is 6.92 Å². The molecule has 3 aromatic rings. The first-order valence-electron chi connectivity index (χ1n) is 7.20. The Kier molecular flexibility index (Phi) is 3.93. The third-order valence-electron chi connectivity index (χ3n) is 3.79. The lowest BCUT2D eigenvalue weighted by Crippen LogP contribution is -2.18. The van der Waals surface area contributed by atoms with Crippen LogP contribution in [0.5, 0.6) is 0 Å². The number of aryl methyl sites for hydroxylation is 1. The highest BCUT2D eigenvalue weighted by atomic mass is 14.9. The van der Waals surface area contributed by atoms with E-state index in [1.165, 1.54) is 16.5 Å². The van der Waals surface area contributed by atoms with Crippen molar-refractivity contribution in [1.29, 1.82) is 0 Å². The zero-order valence-electron chi connectivity index (χ0n) is 12.4. The molecule has 1 N–H and O–H groups in total. The van der Waals surface area contributed by atoms with Crippen molar-refractivity contribution in [1.82, 2.24) is 15.3 Å². The predicted molar refractivity (Wildman–Crippen MR) is 86.2 cm³/mol. The van der Waals surface area contributed by atoms with E-state index in [0.717, 1.165) is 17.6 Å². The van der Waals surface area contributed by atoms with Gasteiger partial charge in [-0.05, 0) is 61.9 Å². The van der Waals surface area contributed by atoms with Crippen molar-refractivity contribution < 1.29 is 0 Å². The average Bonchev–Trinajstić information content (AvgIpc) is 2.53. The number of nitrogens with zero attached hydrogens (tertiary/aromatic N) is 2. The van der Waals surface area contributed by atoms with E-state index in [1.54, 1.807) is 0 Å². The van der Waals surface area contributed by atoms with Crippen LogP contribution in [0.4, 0.5) is 0 Å². The molecule has 0 fully saturated rings. The zero-order valence-corrected chi connectivity index (χ0v) is 12.4. The first kappa shape index (κ1) is 13.7. The first-order chi connectivity index (χ1) is 10.3. The summed E-state index contributed by atoms with van der Waals surface area (Å²) in [5.41, 5.74) is 4.67. The minimum Gasteiger partial charge on any atom is -0.313 e. The molecule has 3 nitrogen and oxygen atoms in total. The van der Waals surface area contributed by atoms with Crippen molar-refractivity contribution in [3.8, 4) is 0 Å². The maximum atomic E-state index is 4.56. The van der Waals surface area contributed by atoms with Gasteiger partial charge in [0, 0.05) is 29.5 Å². The van der Waals surface area contributed by atoms with E-state index in [1.807, 2.05) is 26.4 Å². The summed E-state index contributed by atoms with van der Waals surface area (Å²) >= 11 is 0. The van der Waals surface area contributed by atoms with Crippen LogP contribution in [0.1, 0.15) is 22.9 Å². The Labute approximate surface area is 125 Å². The molecule has 0 radical (unpaired) electrons. The van der Waals surface area contributed by atoms with Gasteiger partial charge in [0.25, 0.3) is 0 Å². The van der Waals surface area contributed by atoms with E-state index in [0.29, 0.717) is 0 Å². The lowest BCUT2D eigenvalue weighted by Gasteiger charge is -2.17. The Morgan fingerprint density at radius 3 is 2.62 bits per heavy atom. The second-order valence-electron chi connectivity index (χ2n) is 5.31. The van der Waals surface area contributed by atoms with E-state index >= 15 is 0 Å². The predicted octanol–water partition coefficient (Wildman–Crippen LogP) is 3.44. The van der Waals surface area contributed by atoms with Gasteiger partial charge in [0.2, 0.25) is 0 Å². The number of hydrogen-bond donors (Lipinski definition) is 1. The van der Waals surface area contributed by atoms with Gasteiger partial charge < -0.3 is 5.32 Å². The molecular weight excluding hydrogens is 258 g/mol. The van der Waals surface area contributed by atoms with Crippen LogP contribution in [0.25, 0.3) is 10.9 Å². The second-order valence-corrected chi connectivity index (χ2v) is 5.31. The molecule has 1 atom stereocenters. The van der Waals surface area contributed by atoms with Crippen molar-refractivity contribution in [2.75, 3.05) is 7.05 Å². The molecule has 21 heavy (non-hydrogen) atoms. The largest absolute Gasteiger partial charge is 0.313 e. The molecule has 0 amide bonds. The first-order valence-corrected chi connectivity index (χ1v) is 7.20. The topological polar surface area (TPSA) is 37.8 Å². The van der Waals surface area contributed by atoms with Gasteiger partial charge in [-0.1, -0.05) is 12.1 Å². The Balaban J connectivity index is 1.91. The summed E-state index contributed by atoms with van der Waals surface area (Å²) in [5.74, 6) is 0. The molecule has 0 aliphatic rings. The monoisotopic (exact) mass is 277 g/mol. The minimum absolute atomic E-state index is 0.290. The Morgan fingerprint density at radius 1 is 1.05 bits per heavy atom. The number of fused-ring (bicyclic) bond motifs is 1. The Bertz CT molecular complexity index is 738. The van der Waals surface area contributed by atoms with Crippen molar-refractivity contribution >= 4 is 10.9 Å². The Morgan fingerprint density at radius 2 is 1.86 bits per heavy atom. The van der Waals surface area contributed by atoms with Crippen molar-refractivity contribution in [3.63, 3.8) is 0 Å². The highest BCUT2D eigenvalue weighted by Crippen LogP contribution is 2.22. The van der Waals surface area contributed by atoms with Gasteiger partial charge in [0.05, 0.1) is 5.52 Å². The summed E-state index contributed by atoms with van der Waals surface area (Å²) in [7, 11) is 2.00. The normalized spacial score (nSPS) is 12.5. The van der Waals surface area contributed by atoms with E-state index in [-0.39, 0.29) is 6.04 Å². The van der Waals surface area contributed by atoms with Crippen LogP contribution in [0.3, 0.4) is 0 Å². The van der Waals surface area contributed by atoms with E-state index in [4.69, 9.17) is 0 Å². The summed E-state index contributed by atoms with van der Waals surface area (Å²) in [4.78, 5) is 8.63. The van der Waals surface area contributed by atoms with Crippen molar-refractivity contribution in [2.24, 2.45) is 0 Å². The number of aromatic nitrogens is 2. The molecule has 0 saturated heterocycles. The molecule has 0 saturated carbocycles. The summed E-state index contributed by atoms with van der Waals surface area (Å²) < 4.78 is 0. The Hall–Kier alpha value is -2.26. The van der Waals surface area contributed by atoms with Gasteiger partial charge in [0.15, 0.2) is 0 Å². The molecule has 0 aliphatic carbocycles. The van der Waals surface area contributed by atoms with Crippen LogP contribution in [-0.2, 0) is 6.42 Å². The number of pyridine rings is 2.